The number of aliphatic carboxylic acids is 1. The number of aliphatic hydroxyl groups excluding tert-OH is 1. The van der Waals surface area contributed by atoms with Gasteiger partial charge in [-0.05, 0) is 28.1 Å². The Hall–Kier alpha value is -2.00. The van der Waals surface area contributed by atoms with E-state index in [0.717, 1.165) is 6.07 Å². The molecule has 108 valence electrons. The van der Waals surface area contributed by atoms with Crippen molar-refractivity contribution in [2.24, 2.45) is 0 Å². The van der Waals surface area contributed by atoms with Crippen LogP contribution in [0.3, 0.4) is 0 Å². The highest BCUT2D eigenvalue weighted by atomic mass is 79.9. The van der Waals surface area contributed by atoms with E-state index in [9.17, 15) is 19.7 Å². The topological polar surface area (TPSA) is 130 Å². The minimum Gasteiger partial charge on any atom is -0.480 e. The van der Waals surface area contributed by atoms with Crippen molar-refractivity contribution in [2.75, 3.05) is 6.61 Å². The van der Waals surface area contributed by atoms with Crippen LogP contribution in [0.1, 0.15) is 16.8 Å². The number of benzene rings is 1. The zero-order valence-corrected chi connectivity index (χ0v) is 11.7. The van der Waals surface area contributed by atoms with Gasteiger partial charge in [0.15, 0.2) is 0 Å². The normalized spacial score (nSPS) is 11.7. The van der Waals surface area contributed by atoms with E-state index < -0.39 is 29.4 Å². The maximum Gasteiger partial charge on any atom is 0.326 e. The molecule has 3 N–H and O–H groups in total. The molecular weight excluding hydrogens is 336 g/mol. The highest BCUT2D eigenvalue weighted by Crippen LogP contribution is 2.25. The number of amides is 1. The summed E-state index contributed by atoms with van der Waals surface area (Å²) in [5.41, 5.74) is -0.337. The van der Waals surface area contributed by atoms with E-state index in [-0.39, 0.29) is 22.1 Å². The molecule has 0 saturated heterocycles. The minimum absolute atomic E-state index is 0.0379. The van der Waals surface area contributed by atoms with Crippen molar-refractivity contribution in [1.29, 1.82) is 0 Å². The van der Waals surface area contributed by atoms with E-state index in [1.807, 2.05) is 0 Å². The van der Waals surface area contributed by atoms with Crippen LogP contribution in [0, 0.1) is 10.1 Å². The molecule has 0 aliphatic carbocycles. The van der Waals surface area contributed by atoms with Crippen LogP contribution in [-0.2, 0) is 4.79 Å². The monoisotopic (exact) mass is 346 g/mol. The summed E-state index contributed by atoms with van der Waals surface area (Å²) < 4.78 is 0.212. The van der Waals surface area contributed by atoms with E-state index in [0.29, 0.717) is 0 Å². The summed E-state index contributed by atoms with van der Waals surface area (Å²) >= 11 is 2.98. The van der Waals surface area contributed by atoms with Gasteiger partial charge < -0.3 is 15.5 Å². The van der Waals surface area contributed by atoms with E-state index in [4.69, 9.17) is 10.2 Å². The van der Waals surface area contributed by atoms with Gasteiger partial charge in [0.05, 0.1) is 9.40 Å². The standard InChI is InChI=1S/C11H11BrN2O6/c12-7-2-1-6(5-9(7)14(19)20)10(16)13-8(3-4-15)11(17)18/h1-2,5,8,15H,3-4H2,(H,13,16)(H,17,18)/t8-/m1/s1. The number of aliphatic hydroxyl groups is 1. The van der Waals surface area contributed by atoms with Crippen LogP contribution in [0.4, 0.5) is 5.69 Å². The number of nitrogens with zero attached hydrogens (tertiary/aromatic N) is 1. The molecule has 0 fully saturated rings. The molecule has 0 bridgehead atoms. The summed E-state index contributed by atoms with van der Waals surface area (Å²) in [5.74, 6) is -2.06. The van der Waals surface area contributed by atoms with Crippen LogP contribution >= 0.6 is 15.9 Å². The van der Waals surface area contributed by atoms with Gasteiger partial charge in [0.25, 0.3) is 11.6 Å². The molecule has 0 unspecified atom stereocenters. The van der Waals surface area contributed by atoms with Gasteiger partial charge in [-0.15, -0.1) is 0 Å². The van der Waals surface area contributed by atoms with Gasteiger partial charge in [-0.2, -0.15) is 0 Å². The Balaban J connectivity index is 2.95. The second-order valence-corrected chi connectivity index (χ2v) is 4.65. The van der Waals surface area contributed by atoms with E-state index >= 15 is 0 Å². The highest BCUT2D eigenvalue weighted by Gasteiger charge is 2.22. The molecule has 1 amide bonds. The molecule has 1 atom stereocenters. The first kappa shape index (κ1) is 16.1. The lowest BCUT2D eigenvalue weighted by Crippen LogP contribution is -2.41. The number of halogens is 1. The quantitative estimate of drug-likeness (QED) is 0.518. The molecule has 20 heavy (non-hydrogen) atoms. The lowest BCUT2D eigenvalue weighted by Gasteiger charge is -2.13. The number of rotatable bonds is 6. The zero-order valence-electron chi connectivity index (χ0n) is 10.1. The maximum absolute atomic E-state index is 11.8. The number of nitro groups is 1. The van der Waals surface area contributed by atoms with Crippen molar-refractivity contribution < 1.29 is 24.7 Å². The zero-order chi connectivity index (χ0) is 15.3. The smallest absolute Gasteiger partial charge is 0.326 e. The Bertz CT molecular complexity index is 548. The number of carboxylic acids is 1. The van der Waals surface area contributed by atoms with Crippen LogP contribution in [0.5, 0.6) is 0 Å². The predicted molar refractivity (Wildman–Crippen MR) is 71.4 cm³/mol. The number of nitro benzene ring substituents is 1. The molecule has 8 nitrogen and oxygen atoms in total. The second-order valence-electron chi connectivity index (χ2n) is 3.80. The van der Waals surface area contributed by atoms with Crippen molar-refractivity contribution in [3.63, 3.8) is 0 Å². The Kier molecular flexibility index (Phi) is 5.59. The van der Waals surface area contributed by atoms with E-state index in [2.05, 4.69) is 21.2 Å². The van der Waals surface area contributed by atoms with Gasteiger partial charge in [-0.3, -0.25) is 14.9 Å². The Labute approximate surface area is 121 Å². The third-order valence-electron chi connectivity index (χ3n) is 2.43. The highest BCUT2D eigenvalue weighted by molar-refractivity contribution is 9.10. The van der Waals surface area contributed by atoms with Gasteiger partial charge in [0.1, 0.15) is 6.04 Å². The van der Waals surface area contributed by atoms with Crippen molar-refractivity contribution in [3.05, 3.63) is 38.3 Å². The van der Waals surface area contributed by atoms with Crippen LogP contribution in [-0.4, -0.2) is 39.7 Å². The van der Waals surface area contributed by atoms with Gasteiger partial charge >= 0.3 is 5.97 Å². The maximum atomic E-state index is 11.8. The second kappa shape index (κ2) is 6.96. The van der Waals surface area contributed by atoms with Crippen LogP contribution in [0.25, 0.3) is 0 Å². The van der Waals surface area contributed by atoms with Crippen molar-refractivity contribution in [3.8, 4) is 0 Å². The fourth-order valence-electron chi connectivity index (χ4n) is 1.42. The summed E-state index contributed by atoms with van der Waals surface area (Å²) in [7, 11) is 0. The molecule has 1 aromatic carbocycles. The predicted octanol–water partition coefficient (Wildman–Crippen LogP) is 0.923. The third-order valence-corrected chi connectivity index (χ3v) is 3.10. The lowest BCUT2D eigenvalue weighted by molar-refractivity contribution is -0.385. The summed E-state index contributed by atoms with van der Waals surface area (Å²) in [4.78, 5) is 32.8. The largest absolute Gasteiger partial charge is 0.480 e. The van der Waals surface area contributed by atoms with Gasteiger partial charge in [-0.1, -0.05) is 0 Å². The van der Waals surface area contributed by atoms with Gasteiger partial charge in [-0.25, -0.2) is 4.79 Å². The lowest BCUT2D eigenvalue weighted by atomic mass is 10.1. The first-order chi connectivity index (χ1) is 9.36. The number of carbonyl (C=O) groups excluding carboxylic acids is 1. The fraction of sp³-hybridized carbons (Fsp3) is 0.273. The molecule has 0 aliphatic rings. The molecule has 0 radical (unpaired) electrons. The number of carbonyl (C=O) groups is 2. The van der Waals surface area contributed by atoms with Gasteiger partial charge in [0.2, 0.25) is 0 Å². The molecule has 0 heterocycles. The summed E-state index contributed by atoms with van der Waals surface area (Å²) in [6.07, 6.45) is -0.153. The molecule has 1 aromatic rings. The average Bonchev–Trinajstić information content (AvgIpc) is 2.38. The first-order valence-electron chi connectivity index (χ1n) is 5.45. The summed E-state index contributed by atoms with van der Waals surface area (Å²) in [6.45, 7) is -0.405. The van der Waals surface area contributed by atoms with Crippen LogP contribution in [0.2, 0.25) is 0 Å². The van der Waals surface area contributed by atoms with Crippen molar-refractivity contribution in [2.45, 2.75) is 12.5 Å². The molecular formula is C11H11BrN2O6. The fourth-order valence-corrected chi connectivity index (χ4v) is 1.81. The number of hydrogen-bond acceptors (Lipinski definition) is 5. The summed E-state index contributed by atoms with van der Waals surface area (Å²) in [5, 5.41) is 30.5. The molecule has 9 heteroatoms. The Morgan fingerprint density at radius 2 is 2.10 bits per heavy atom. The average molecular weight is 347 g/mol. The Morgan fingerprint density at radius 3 is 2.60 bits per heavy atom. The number of carboxylic acid groups (broad SMARTS) is 1. The SMILES string of the molecule is O=C(N[C@H](CCO)C(=O)O)c1ccc(Br)c([N+](=O)[O-])c1. The van der Waals surface area contributed by atoms with E-state index in [1.165, 1.54) is 12.1 Å². The molecule has 0 saturated carbocycles. The van der Waals surface area contributed by atoms with Crippen molar-refractivity contribution in [1.82, 2.24) is 5.32 Å². The van der Waals surface area contributed by atoms with Crippen LogP contribution < -0.4 is 5.32 Å². The molecule has 0 aliphatic heterocycles. The Morgan fingerprint density at radius 1 is 1.45 bits per heavy atom. The third kappa shape index (κ3) is 4.00. The van der Waals surface area contributed by atoms with Gasteiger partial charge in [0, 0.05) is 24.7 Å². The number of nitrogens with one attached hydrogen (secondary N) is 1. The molecule has 0 spiro atoms. The minimum atomic E-state index is -1.29. The van der Waals surface area contributed by atoms with E-state index in [1.54, 1.807) is 0 Å². The molecule has 0 aromatic heterocycles. The number of hydrogen-bond donors (Lipinski definition) is 3. The first-order valence-corrected chi connectivity index (χ1v) is 6.24. The van der Waals surface area contributed by atoms with Crippen molar-refractivity contribution >= 4 is 33.5 Å². The van der Waals surface area contributed by atoms with Crippen LogP contribution in [0.15, 0.2) is 22.7 Å². The summed E-state index contributed by atoms with van der Waals surface area (Å²) in [6, 6.07) is 2.44. The molecule has 1 rings (SSSR count).